The standard InChI is InChI=1S/C23H22N2O4/c1-2-14-6-8-15(9-7-14)17-11-20-23(21(26)12-17)19(13-22(27)24-20)16-4-3-5-18(10-16)25(28)29/h3-10,17,19H,2,11-13H2,1H3,(H,24,27). The van der Waals surface area contributed by atoms with E-state index in [9.17, 15) is 19.7 Å². The number of amides is 1. The molecular formula is C23H22N2O4. The zero-order valence-electron chi connectivity index (χ0n) is 16.2. The highest BCUT2D eigenvalue weighted by Crippen LogP contribution is 2.43. The molecule has 2 aromatic carbocycles. The molecule has 1 N–H and O–H groups in total. The minimum absolute atomic E-state index is 0.00678. The van der Waals surface area contributed by atoms with Crippen LogP contribution in [0.5, 0.6) is 0 Å². The predicted molar refractivity (Wildman–Crippen MR) is 108 cm³/mol. The van der Waals surface area contributed by atoms with Gasteiger partial charge in [-0.15, -0.1) is 0 Å². The lowest BCUT2D eigenvalue weighted by atomic mass is 9.73. The lowest BCUT2D eigenvalue weighted by molar-refractivity contribution is -0.384. The number of allylic oxidation sites excluding steroid dienone is 2. The minimum Gasteiger partial charge on any atom is -0.329 e. The van der Waals surface area contributed by atoms with Crippen LogP contribution in [0.15, 0.2) is 59.8 Å². The summed E-state index contributed by atoms with van der Waals surface area (Å²) in [5, 5.41) is 14.0. The van der Waals surface area contributed by atoms with Crippen LogP contribution in [0.2, 0.25) is 0 Å². The summed E-state index contributed by atoms with van der Waals surface area (Å²) in [4.78, 5) is 36.1. The summed E-state index contributed by atoms with van der Waals surface area (Å²) in [5.74, 6) is -0.562. The molecule has 0 radical (unpaired) electrons. The van der Waals surface area contributed by atoms with E-state index < -0.39 is 10.8 Å². The number of nitrogens with zero attached hydrogens (tertiary/aromatic N) is 1. The Hall–Kier alpha value is -3.28. The van der Waals surface area contributed by atoms with Gasteiger partial charge in [-0.05, 0) is 35.4 Å². The third kappa shape index (κ3) is 3.70. The Labute approximate surface area is 168 Å². The van der Waals surface area contributed by atoms with Gasteiger partial charge < -0.3 is 5.32 Å². The molecule has 2 unspecified atom stereocenters. The van der Waals surface area contributed by atoms with Gasteiger partial charge in [0.2, 0.25) is 5.91 Å². The van der Waals surface area contributed by atoms with Gasteiger partial charge in [-0.3, -0.25) is 19.7 Å². The predicted octanol–water partition coefficient (Wildman–Crippen LogP) is 4.16. The first-order chi connectivity index (χ1) is 14.0. The van der Waals surface area contributed by atoms with E-state index in [1.807, 2.05) is 0 Å². The Bertz CT molecular complexity index is 1020. The van der Waals surface area contributed by atoms with E-state index in [1.165, 1.54) is 17.7 Å². The van der Waals surface area contributed by atoms with Crippen molar-refractivity contribution in [1.29, 1.82) is 0 Å². The molecule has 2 aromatic rings. The number of benzene rings is 2. The number of nitro benzene ring substituents is 1. The molecule has 2 aliphatic rings. The minimum atomic E-state index is -0.458. The number of hydrogen-bond acceptors (Lipinski definition) is 4. The summed E-state index contributed by atoms with van der Waals surface area (Å²) in [6, 6.07) is 14.5. The van der Waals surface area contributed by atoms with Gasteiger partial charge >= 0.3 is 0 Å². The van der Waals surface area contributed by atoms with Gasteiger partial charge in [0, 0.05) is 42.2 Å². The monoisotopic (exact) mass is 390 g/mol. The van der Waals surface area contributed by atoms with Gasteiger partial charge in [-0.2, -0.15) is 0 Å². The van der Waals surface area contributed by atoms with Crippen LogP contribution >= 0.6 is 0 Å². The molecule has 0 spiro atoms. The number of carbonyl (C=O) groups is 2. The molecule has 29 heavy (non-hydrogen) atoms. The molecular weight excluding hydrogens is 368 g/mol. The first-order valence-electron chi connectivity index (χ1n) is 9.85. The molecule has 0 bridgehead atoms. The lowest BCUT2D eigenvalue weighted by Gasteiger charge is -2.34. The highest BCUT2D eigenvalue weighted by Gasteiger charge is 2.38. The average Bonchev–Trinajstić information content (AvgIpc) is 2.73. The molecule has 6 nitrogen and oxygen atoms in total. The van der Waals surface area contributed by atoms with Crippen molar-refractivity contribution in [2.24, 2.45) is 0 Å². The number of non-ortho nitro benzene ring substituents is 1. The molecule has 0 saturated carbocycles. The highest BCUT2D eigenvalue weighted by atomic mass is 16.6. The second-order valence-corrected chi connectivity index (χ2v) is 7.67. The summed E-state index contributed by atoms with van der Waals surface area (Å²) in [5.41, 5.74) is 4.21. The summed E-state index contributed by atoms with van der Waals surface area (Å²) in [7, 11) is 0. The van der Waals surface area contributed by atoms with E-state index in [4.69, 9.17) is 0 Å². The largest absolute Gasteiger partial charge is 0.329 e. The zero-order chi connectivity index (χ0) is 20.5. The molecule has 6 heteroatoms. The third-order valence-corrected chi connectivity index (χ3v) is 5.88. The smallest absolute Gasteiger partial charge is 0.269 e. The van der Waals surface area contributed by atoms with Gasteiger partial charge in [0.25, 0.3) is 5.69 Å². The number of hydrogen-bond donors (Lipinski definition) is 1. The number of aryl methyl sites for hydroxylation is 1. The van der Waals surface area contributed by atoms with E-state index >= 15 is 0 Å². The van der Waals surface area contributed by atoms with Crippen molar-refractivity contribution in [2.75, 3.05) is 0 Å². The summed E-state index contributed by atoms with van der Waals surface area (Å²) < 4.78 is 0. The first-order valence-corrected chi connectivity index (χ1v) is 9.85. The highest BCUT2D eigenvalue weighted by molar-refractivity contribution is 6.02. The maximum atomic E-state index is 13.1. The van der Waals surface area contributed by atoms with Crippen LogP contribution in [-0.4, -0.2) is 16.6 Å². The van der Waals surface area contributed by atoms with Crippen molar-refractivity contribution in [2.45, 2.75) is 44.4 Å². The maximum absolute atomic E-state index is 13.1. The van der Waals surface area contributed by atoms with Gasteiger partial charge in [-0.25, -0.2) is 0 Å². The van der Waals surface area contributed by atoms with Gasteiger partial charge in [0.15, 0.2) is 5.78 Å². The fourth-order valence-corrected chi connectivity index (χ4v) is 4.36. The van der Waals surface area contributed by atoms with Crippen LogP contribution in [0.4, 0.5) is 5.69 Å². The number of rotatable bonds is 4. The van der Waals surface area contributed by atoms with Crippen molar-refractivity contribution in [3.63, 3.8) is 0 Å². The zero-order valence-corrected chi connectivity index (χ0v) is 16.2. The van der Waals surface area contributed by atoms with E-state index in [-0.39, 0.29) is 29.7 Å². The Balaban J connectivity index is 1.69. The molecule has 0 fully saturated rings. The first kappa shape index (κ1) is 19.1. The molecule has 1 amide bonds. The number of Topliss-reactive ketones (excluding diaryl/α,β-unsaturated/α-hetero) is 1. The summed E-state index contributed by atoms with van der Waals surface area (Å²) in [6.45, 7) is 2.10. The molecule has 4 rings (SSSR count). The van der Waals surface area contributed by atoms with Crippen LogP contribution in [0.1, 0.15) is 54.7 Å². The molecule has 1 aliphatic carbocycles. The molecule has 0 saturated heterocycles. The van der Waals surface area contributed by atoms with Gasteiger partial charge in [0.05, 0.1) is 4.92 Å². The van der Waals surface area contributed by atoms with E-state index in [0.29, 0.717) is 29.7 Å². The lowest BCUT2D eigenvalue weighted by Crippen LogP contribution is -2.38. The van der Waals surface area contributed by atoms with Crippen LogP contribution in [0.25, 0.3) is 0 Å². The maximum Gasteiger partial charge on any atom is 0.269 e. The van der Waals surface area contributed by atoms with Crippen molar-refractivity contribution in [1.82, 2.24) is 5.32 Å². The van der Waals surface area contributed by atoms with Gasteiger partial charge in [0.1, 0.15) is 0 Å². The van der Waals surface area contributed by atoms with Crippen molar-refractivity contribution in [3.8, 4) is 0 Å². The quantitative estimate of drug-likeness (QED) is 0.627. The Morgan fingerprint density at radius 3 is 2.48 bits per heavy atom. The number of carbonyl (C=O) groups excluding carboxylic acids is 2. The molecule has 148 valence electrons. The van der Waals surface area contributed by atoms with Crippen molar-refractivity contribution < 1.29 is 14.5 Å². The topological polar surface area (TPSA) is 89.3 Å². The number of nitrogens with one attached hydrogen (secondary N) is 1. The number of ketones is 1. The Morgan fingerprint density at radius 1 is 1.03 bits per heavy atom. The Morgan fingerprint density at radius 2 is 1.79 bits per heavy atom. The van der Waals surface area contributed by atoms with Crippen molar-refractivity contribution >= 4 is 17.4 Å². The second-order valence-electron chi connectivity index (χ2n) is 7.67. The second kappa shape index (κ2) is 7.62. The fourth-order valence-electron chi connectivity index (χ4n) is 4.36. The fraction of sp³-hybridized carbons (Fsp3) is 0.304. The molecule has 0 aromatic heterocycles. The van der Waals surface area contributed by atoms with Crippen LogP contribution < -0.4 is 5.32 Å². The summed E-state index contributed by atoms with van der Waals surface area (Å²) in [6.07, 6.45) is 2.05. The van der Waals surface area contributed by atoms with Crippen molar-refractivity contribution in [3.05, 3.63) is 86.6 Å². The molecule has 2 atom stereocenters. The van der Waals surface area contributed by atoms with Gasteiger partial charge in [-0.1, -0.05) is 43.3 Å². The van der Waals surface area contributed by atoms with E-state index in [2.05, 4.69) is 36.5 Å². The SMILES string of the molecule is CCc1ccc(C2CC(=O)C3=C(C2)NC(=O)CC3c2cccc([N+](=O)[O-])c2)cc1. The normalized spacial score (nSPS) is 21.6. The summed E-state index contributed by atoms with van der Waals surface area (Å²) >= 11 is 0. The third-order valence-electron chi connectivity index (χ3n) is 5.88. The van der Waals surface area contributed by atoms with E-state index in [1.54, 1.807) is 12.1 Å². The average molecular weight is 390 g/mol. The molecule has 1 aliphatic heterocycles. The van der Waals surface area contributed by atoms with Crippen LogP contribution in [0, 0.1) is 10.1 Å². The number of nitro groups is 1. The van der Waals surface area contributed by atoms with E-state index in [0.717, 1.165) is 12.0 Å². The van der Waals surface area contributed by atoms with Crippen LogP contribution in [-0.2, 0) is 16.0 Å². The molecule has 1 heterocycles. The Kier molecular flexibility index (Phi) is 5.01. The van der Waals surface area contributed by atoms with Crippen LogP contribution in [0.3, 0.4) is 0 Å².